The minimum atomic E-state index is -0.0747. The molecule has 2 fully saturated rings. The van der Waals surface area contributed by atoms with Crippen LogP contribution in [0.2, 0.25) is 0 Å². The number of anilines is 2. The van der Waals surface area contributed by atoms with Gasteiger partial charge in [0.05, 0.1) is 11.4 Å². The van der Waals surface area contributed by atoms with Gasteiger partial charge < -0.3 is 16.0 Å². The van der Waals surface area contributed by atoms with Crippen LogP contribution in [0.25, 0.3) is 0 Å². The lowest BCUT2D eigenvalue weighted by Crippen LogP contribution is -2.40. The zero-order valence-corrected chi connectivity index (χ0v) is 18.9. The summed E-state index contributed by atoms with van der Waals surface area (Å²) in [5.41, 5.74) is 1.71. The van der Waals surface area contributed by atoms with E-state index >= 15 is 0 Å². The van der Waals surface area contributed by atoms with Crippen molar-refractivity contribution in [2.24, 2.45) is 11.8 Å². The van der Waals surface area contributed by atoms with Crippen LogP contribution < -0.4 is 16.0 Å². The monoisotopic (exact) mass is 413 g/mol. The minimum Gasteiger partial charge on any atom is -0.379 e. The van der Waals surface area contributed by atoms with Crippen LogP contribution in [-0.2, 0) is 9.59 Å². The number of carbonyl (C=O) groups excluding carboxylic acids is 2. The minimum absolute atomic E-state index is 0.0131. The summed E-state index contributed by atoms with van der Waals surface area (Å²) < 4.78 is 0. The lowest BCUT2D eigenvalue weighted by Gasteiger charge is -2.30. The van der Waals surface area contributed by atoms with Crippen LogP contribution >= 0.6 is 0 Å². The summed E-state index contributed by atoms with van der Waals surface area (Å²) in [4.78, 5) is 25.2. The van der Waals surface area contributed by atoms with Gasteiger partial charge in [0.1, 0.15) is 0 Å². The number of benzene rings is 1. The second-order valence-corrected chi connectivity index (χ2v) is 10.2. The first-order valence-electron chi connectivity index (χ1n) is 11.8. The number of hydrogen-bond donors (Lipinski definition) is 3. The van der Waals surface area contributed by atoms with Gasteiger partial charge in [-0.15, -0.1) is 0 Å². The zero-order valence-electron chi connectivity index (χ0n) is 18.9. The second-order valence-electron chi connectivity index (χ2n) is 10.2. The maximum Gasteiger partial charge on any atom is 0.227 e. The highest BCUT2D eigenvalue weighted by molar-refractivity contribution is 5.95. The Morgan fingerprint density at radius 2 is 1.53 bits per heavy atom. The standard InChI is InChI=1S/C25H39N3O2/c1-25(2,3)28-22-12-8-7-11-21(22)27-24(30)19-13-15-20(16-14-19)26-23(29)17-18-9-5-4-6-10-18/h7-8,11-12,18-20,28H,4-6,9-10,13-17H2,1-3H3,(H,26,29)(H,27,30). The fraction of sp³-hybridized carbons (Fsp3) is 0.680. The van der Waals surface area contributed by atoms with E-state index in [0.29, 0.717) is 12.3 Å². The predicted molar refractivity (Wildman–Crippen MR) is 124 cm³/mol. The Hall–Kier alpha value is -2.04. The molecule has 2 aliphatic rings. The highest BCUT2D eigenvalue weighted by Crippen LogP contribution is 2.30. The van der Waals surface area contributed by atoms with Gasteiger partial charge in [0, 0.05) is 23.9 Å². The van der Waals surface area contributed by atoms with E-state index in [0.717, 1.165) is 37.1 Å². The molecule has 2 aliphatic carbocycles. The van der Waals surface area contributed by atoms with Crippen LogP contribution in [0.1, 0.15) is 85.0 Å². The van der Waals surface area contributed by atoms with E-state index in [9.17, 15) is 9.59 Å². The third-order valence-electron chi connectivity index (χ3n) is 6.36. The van der Waals surface area contributed by atoms with Gasteiger partial charge in [-0.05, 0) is 77.3 Å². The number of rotatable bonds is 6. The lowest BCUT2D eigenvalue weighted by atomic mass is 9.84. The number of nitrogens with one attached hydrogen (secondary N) is 3. The van der Waals surface area contributed by atoms with E-state index in [-0.39, 0.29) is 29.3 Å². The predicted octanol–water partition coefficient (Wildman–Crippen LogP) is 5.48. The summed E-state index contributed by atoms with van der Waals surface area (Å²) in [6.07, 6.45) is 10.4. The Kier molecular flexibility index (Phi) is 7.79. The lowest BCUT2D eigenvalue weighted by molar-refractivity contribution is -0.123. The fourth-order valence-corrected chi connectivity index (χ4v) is 4.78. The van der Waals surface area contributed by atoms with E-state index < -0.39 is 0 Å². The summed E-state index contributed by atoms with van der Waals surface area (Å²) in [6, 6.07) is 8.09. The topological polar surface area (TPSA) is 70.2 Å². The van der Waals surface area contributed by atoms with Gasteiger partial charge in [-0.3, -0.25) is 9.59 Å². The molecule has 0 spiro atoms. The molecule has 0 heterocycles. The first-order valence-corrected chi connectivity index (χ1v) is 11.8. The Morgan fingerprint density at radius 3 is 2.17 bits per heavy atom. The molecule has 0 radical (unpaired) electrons. The van der Waals surface area contributed by atoms with E-state index in [1.54, 1.807) is 0 Å². The smallest absolute Gasteiger partial charge is 0.227 e. The molecule has 0 bridgehead atoms. The Balaban J connectivity index is 1.45. The van der Waals surface area contributed by atoms with E-state index in [1.165, 1.54) is 32.1 Å². The summed E-state index contributed by atoms with van der Waals surface area (Å²) in [5, 5.41) is 9.81. The molecule has 0 unspecified atom stereocenters. The van der Waals surface area contributed by atoms with Crippen molar-refractivity contribution in [2.45, 2.75) is 96.6 Å². The Bertz CT molecular complexity index is 711. The van der Waals surface area contributed by atoms with Gasteiger partial charge in [-0.1, -0.05) is 31.4 Å². The molecule has 5 heteroatoms. The molecule has 166 valence electrons. The average molecular weight is 414 g/mol. The fourth-order valence-electron chi connectivity index (χ4n) is 4.78. The number of amides is 2. The molecule has 30 heavy (non-hydrogen) atoms. The summed E-state index contributed by atoms with van der Waals surface area (Å²) >= 11 is 0. The van der Waals surface area contributed by atoms with E-state index in [2.05, 4.69) is 36.7 Å². The molecule has 1 aromatic carbocycles. The molecule has 0 saturated heterocycles. The summed E-state index contributed by atoms with van der Waals surface area (Å²) in [6.45, 7) is 6.32. The van der Waals surface area contributed by atoms with Crippen LogP contribution in [-0.4, -0.2) is 23.4 Å². The first kappa shape index (κ1) is 22.6. The first-order chi connectivity index (χ1) is 14.3. The van der Waals surface area contributed by atoms with Crippen LogP contribution in [0.4, 0.5) is 11.4 Å². The summed E-state index contributed by atoms with van der Waals surface area (Å²) in [5.74, 6) is 0.879. The highest BCUT2D eigenvalue weighted by Gasteiger charge is 2.28. The molecule has 5 nitrogen and oxygen atoms in total. The van der Waals surface area contributed by atoms with Gasteiger partial charge in [0.15, 0.2) is 0 Å². The van der Waals surface area contributed by atoms with E-state index in [4.69, 9.17) is 0 Å². The maximum atomic E-state index is 12.9. The van der Waals surface area contributed by atoms with Crippen molar-refractivity contribution < 1.29 is 9.59 Å². The molecule has 0 atom stereocenters. The zero-order chi connectivity index (χ0) is 21.6. The summed E-state index contributed by atoms with van der Waals surface area (Å²) in [7, 11) is 0. The molecule has 2 saturated carbocycles. The molecule has 1 aromatic rings. The number of carbonyl (C=O) groups is 2. The van der Waals surface area contributed by atoms with Crippen molar-refractivity contribution in [2.75, 3.05) is 10.6 Å². The van der Waals surface area contributed by atoms with Crippen LogP contribution in [0.5, 0.6) is 0 Å². The van der Waals surface area contributed by atoms with Gasteiger partial charge in [-0.25, -0.2) is 0 Å². The third kappa shape index (κ3) is 7.03. The number of para-hydroxylation sites is 2. The highest BCUT2D eigenvalue weighted by atomic mass is 16.2. The average Bonchev–Trinajstić information content (AvgIpc) is 2.69. The van der Waals surface area contributed by atoms with E-state index in [1.807, 2.05) is 24.3 Å². The maximum absolute atomic E-state index is 12.9. The van der Waals surface area contributed by atoms with Crippen molar-refractivity contribution in [1.82, 2.24) is 5.32 Å². The van der Waals surface area contributed by atoms with Gasteiger partial charge in [0.2, 0.25) is 11.8 Å². The van der Waals surface area contributed by atoms with Crippen LogP contribution in [0, 0.1) is 11.8 Å². The quantitative estimate of drug-likeness (QED) is 0.578. The SMILES string of the molecule is CC(C)(C)Nc1ccccc1NC(=O)C1CCC(NC(=O)CC2CCCCC2)CC1. The normalized spacial score (nSPS) is 22.9. The van der Waals surface area contributed by atoms with Crippen molar-refractivity contribution >= 4 is 23.2 Å². The largest absolute Gasteiger partial charge is 0.379 e. The molecule has 0 aromatic heterocycles. The van der Waals surface area contributed by atoms with Crippen molar-refractivity contribution in [1.29, 1.82) is 0 Å². The molecule has 3 rings (SSSR count). The second kappa shape index (κ2) is 10.3. The molecule has 0 aliphatic heterocycles. The van der Waals surface area contributed by atoms with Crippen molar-refractivity contribution in [3.05, 3.63) is 24.3 Å². The van der Waals surface area contributed by atoms with Crippen LogP contribution in [0.15, 0.2) is 24.3 Å². The molecule has 3 N–H and O–H groups in total. The molecular formula is C25H39N3O2. The van der Waals surface area contributed by atoms with Crippen molar-refractivity contribution in [3.63, 3.8) is 0 Å². The Morgan fingerprint density at radius 1 is 0.900 bits per heavy atom. The number of hydrogen-bond acceptors (Lipinski definition) is 3. The van der Waals surface area contributed by atoms with Gasteiger partial charge in [0.25, 0.3) is 0 Å². The van der Waals surface area contributed by atoms with Crippen molar-refractivity contribution in [3.8, 4) is 0 Å². The Labute approximate surface area is 181 Å². The molecular weight excluding hydrogens is 374 g/mol. The molecule has 2 amide bonds. The van der Waals surface area contributed by atoms with Crippen LogP contribution in [0.3, 0.4) is 0 Å². The third-order valence-corrected chi connectivity index (χ3v) is 6.36. The van der Waals surface area contributed by atoms with Gasteiger partial charge in [-0.2, -0.15) is 0 Å². The van der Waals surface area contributed by atoms with Gasteiger partial charge >= 0.3 is 0 Å².